The Kier molecular flexibility index (Phi) is 5.48. The van der Waals surface area contributed by atoms with E-state index in [9.17, 15) is 0 Å². The molecule has 1 heterocycles. The number of furan rings is 1. The molecule has 0 aliphatic heterocycles. The zero-order valence-electron chi connectivity index (χ0n) is 22.2. The van der Waals surface area contributed by atoms with Gasteiger partial charge in [-0.2, -0.15) is 0 Å². The standard InChI is InChI=1S/C39H25ClO/c40-36-25-27(26-11-3-1-4-12-26)21-22-29(36)30-16-9-19-35-38(30)32-15-7-8-17-34(32)39(35,28-13-5-2-6-14-28)33-18-10-20-37-31(33)23-24-41-37/h1-25H. The number of hydrogen-bond donors (Lipinski definition) is 0. The van der Waals surface area contributed by atoms with Crippen LogP contribution in [0.1, 0.15) is 22.3 Å². The highest BCUT2D eigenvalue weighted by Gasteiger charge is 2.47. The fraction of sp³-hybridized carbons (Fsp3) is 0.0256. The summed E-state index contributed by atoms with van der Waals surface area (Å²) in [6, 6.07) is 51.7. The molecule has 1 aliphatic carbocycles. The predicted molar refractivity (Wildman–Crippen MR) is 169 cm³/mol. The van der Waals surface area contributed by atoms with Gasteiger partial charge < -0.3 is 4.42 Å². The zero-order valence-corrected chi connectivity index (χ0v) is 23.0. The van der Waals surface area contributed by atoms with Crippen molar-refractivity contribution >= 4 is 22.6 Å². The van der Waals surface area contributed by atoms with Gasteiger partial charge in [0, 0.05) is 16.0 Å². The van der Waals surface area contributed by atoms with Gasteiger partial charge in [0.2, 0.25) is 0 Å². The molecule has 0 fully saturated rings. The summed E-state index contributed by atoms with van der Waals surface area (Å²) < 4.78 is 5.91. The predicted octanol–water partition coefficient (Wildman–Crippen LogP) is 10.8. The molecular formula is C39H25ClO. The number of rotatable bonds is 4. The minimum atomic E-state index is -0.525. The summed E-state index contributed by atoms with van der Waals surface area (Å²) in [5.74, 6) is 0. The van der Waals surface area contributed by atoms with Gasteiger partial charge in [0.15, 0.2) is 0 Å². The minimum absolute atomic E-state index is 0.525. The molecule has 2 heteroatoms. The Labute approximate surface area is 244 Å². The summed E-state index contributed by atoms with van der Waals surface area (Å²) in [5.41, 5.74) is 12.2. The summed E-state index contributed by atoms with van der Waals surface area (Å²) in [4.78, 5) is 0. The normalized spacial score (nSPS) is 15.5. The Bertz CT molecular complexity index is 2060. The van der Waals surface area contributed by atoms with E-state index in [2.05, 4.69) is 133 Å². The number of hydrogen-bond acceptors (Lipinski definition) is 1. The van der Waals surface area contributed by atoms with Gasteiger partial charge in [-0.05, 0) is 68.3 Å². The van der Waals surface area contributed by atoms with Crippen LogP contribution in [0.15, 0.2) is 156 Å². The lowest BCUT2D eigenvalue weighted by molar-refractivity contribution is 0.615. The molecule has 0 bridgehead atoms. The van der Waals surface area contributed by atoms with Crippen LogP contribution in [0, 0.1) is 0 Å². The first kappa shape index (κ1) is 24.0. The molecule has 1 atom stereocenters. The monoisotopic (exact) mass is 544 g/mol. The second kappa shape index (κ2) is 9.37. The average molecular weight is 545 g/mol. The number of halogens is 1. The van der Waals surface area contributed by atoms with Gasteiger partial charge in [-0.3, -0.25) is 0 Å². The van der Waals surface area contributed by atoms with Crippen molar-refractivity contribution < 1.29 is 4.42 Å². The first-order valence-electron chi connectivity index (χ1n) is 13.9. The van der Waals surface area contributed by atoms with E-state index in [0.29, 0.717) is 0 Å². The van der Waals surface area contributed by atoms with Crippen molar-refractivity contribution in [3.63, 3.8) is 0 Å². The maximum atomic E-state index is 7.10. The number of fused-ring (bicyclic) bond motifs is 4. The summed E-state index contributed by atoms with van der Waals surface area (Å²) in [6.07, 6.45) is 1.79. The van der Waals surface area contributed by atoms with Crippen LogP contribution in [-0.4, -0.2) is 0 Å². The molecular weight excluding hydrogens is 520 g/mol. The van der Waals surface area contributed by atoms with Crippen LogP contribution in [0.4, 0.5) is 0 Å². The van der Waals surface area contributed by atoms with Crippen LogP contribution >= 0.6 is 11.6 Å². The third-order valence-electron chi connectivity index (χ3n) is 8.54. The molecule has 6 aromatic carbocycles. The van der Waals surface area contributed by atoms with Gasteiger partial charge in [-0.25, -0.2) is 0 Å². The molecule has 1 aliphatic rings. The van der Waals surface area contributed by atoms with Gasteiger partial charge >= 0.3 is 0 Å². The van der Waals surface area contributed by atoms with Gasteiger partial charge in [0.1, 0.15) is 5.58 Å². The van der Waals surface area contributed by atoms with Crippen molar-refractivity contribution in [1.82, 2.24) is 0 Å². The molecule has 0 N–H and O–H groups in total. The van der Waals surface area contributed by atoms with E-state index in [1.54, 1.807) is 6.26 Å². The van der Waals surface area contributed by atoms with E-state index in [4.69, 9.17) is 16.0 Å². The zero-order chi connectivity index (χ0) is 27.4. The van der Waals surface area contributed by atoms with E-state index in [1.807, 2.05) is 12.1 Å². The molecule has 0 spiro atoms. The fourth-order valence-electron chi connectivity index (χ4n) is 6.86. The Hall–Kier alpha value is -4.85. The number of benzene rings is 6. The molecule has 8 rings (SSSR count). The van der Waals surface area contributed by atoms with Crippen LogP contribution in [0.25, 0.3) is 44.3 Å². The highest BCUT2D eigenvalue weighted by atomic mass is 35.5. The van der Waals surface area contributed by atoms with E-state index in [1.165, 1.54) is 33.4 Å². The van der Waals surface area contributed by atoms with Crippen molar-refractivity contribution in [2.24, 2.45) is 0 Å². The van der Waals surface area contributed by atoms with E-state index in [-0.39, 0.29) is 0 Å². The molecule has 0 amide bonds. The third kappa shape index (κ3) is 3.49. The lowest BCUT2D eigenvalue weighted by atomic mass is 9.67. The van der Waals surface area contributed by atoms with Crippen molar-refractivity contribution in [1.29, 1.82) is 0 Å². The van der Waals surface area contributed by atoms with Crippen molar-refractivity contribution in [3.05, 3.63) is 179 Å². The van der Waals surface area contributed by atoms with Gasteiger partial charge in [0.05, 0.1) is 11.7 Å². The van der Waals surface area contributed by atoms with Crippen molar-refractivity contribution in [2.75, 3.05) is 0 Å². The minimum Gasteiger partial charge on any atom is -0.464 e. The first-order chi connectivity index (χ1) is 20.3. The van der Waals surface area contributed by atoms with E-state index >= 15 is 0 Å². The topological polar surface area (TPSA) is 13.1 Å². The summed E-state index contributed by atoms with van der Waals surface area (Å²) >= 11 is 7.10. The molecule has 1 unspecified atom stereocenters. The van der Waals surface area contributed by atoms with E-state index in [0.717, 1.165) is 38.2 Å². The Morgan fingerprint density at radius 1 is 0.488 bits per heavy atom. The molecule has 0 saturated carbocycles. The molecule has 0 saturated heterocycles. The van der Waals surface area contributed by atoms with Crippen LogP contribution in [0.2, 0.25) is 5.02 Å². The maximum Gasteiger partial charge on any atom is 0.134 e. The highest BCUT2D eigenvalue weighted by Crippen LogP contribution is 2.59. The lowest BCUT2D eigenvalue weighted by Crippen LogP contribution is -2.28. The van der Waals surface area contributed by atoms with Gasteiger partial charge in [-0.1, -0.05) is 139 Å². The summed E-state index contributed by atoms with van der Waals surface area (Å²) in [5, 5.41) is 1.86. The summed E-state index contributed by atoms with van der Waals surface area (Å²) in [7, 11) is 0. The largest absolute Gasteiger partial charge is 0.464 e. The quantitative estimate of drug-likeness (QED) is 0.215. The molecule has 7 aromatic rings. The second-order valence-corrected chi connectivity index (χ2v) is 11.0. The molecule has 0 radical (unpaired) electrons. The molecule has 1 aromatic heterocycles. The molecule has 194 valence electrons. The van der Waals surface area contributed by atoms with Gasteiger partial charge in [-0.15, -0.1) is 0 Å². The average Bonchev–Trinajstić information content (AvgIpc) is 3.64. The van der Waals surface area contributed by atoms with E-state index < -0.39 is 5.41 Å². The van der Waals surface area contributed by atoms with Gasteiger partial charge in [0.25, 0.3) is 0 Å². The van der Waals surface area contributed by atoms with Crippen LogP contribution in [-0.2, 0) is 5.41 Å². The SMILES string of the molecule is Clc1cc(-c2ccccc2)ccc1-c1cccc2c1-c1ccccc1C2(c1ccccc1)c1cccc2occc12. The van der Waals surface area contributed by atoms with Crippen LogP contribution in [0.3, 0.4) is 0 Å². The summed E-state index contributed by atoms with van der Waals surface area (Å²) in [6.45, 7) is 0. The Balaban J connectivity index is 1.45. The molecule has 41 heavy (non-hydrogen) atoms. The second-order valence-electron chi connectivity index (χ2n) is 10.6. The molecule has 1 nitrogen and oxygen atoms in total. The third-order valence-corrected chi connectivity index (χ3v) is 8.85. The van der Waals surface area contributed by atoms with Crippen molar-refractivity contribution in [3.8, 4) is 33.4 Å². The smallest absolute Gasteiger partial charge is 0.134 e. The Morgan fingerprint density at radius 3 is 2.00 bits per heavy atom. The Morgan fingerprint density at radius 2 is 1.17 bits per heavy atom. The maximum absolute atomic E-state index is 7.10. The van der Waals surface area contributed by atoms with Crippen LogP contribution < -0.4 is 0 Å². The highest BCUT2D eigenvalue weighted by molar-refractivity contribution is 6.34. The van der Waals surface area contributed by atoms with Crippen molar-refractivity contribution in [2.45, 2.75) is 5.41 Å². The lowest BCUT2D eigenvalue weighted by Gasteiger charge is -2.34. The first-order valence-corrected chi connectivity index (χ1v) is 14.3. The van der Waals surface area contributed by atoms with Crippen LogP contribution in [0.5, 0.6) is 0 Å². The fourth-order valence-corrected chi connectivity index (χ4v) is 7.14.